The van der Waals surface area contributed by atoms with Crippen molar-refractivity contribution in [1.82, 2.24) is 0 Å². The van der Waals surface area contributed by atoms with Crippen LogP contribution in [-0.2, 0) is 28.6 Å². The maximum atomic E-state index is 12.9. The van der Waals surface area contributed by atoms with Crippen LogP contribution in [0.5, 0.6) is 0 Å². The summed E-state index contributed by atoms with van der Waals surface area (Å²) in [5.41, 5.74) is 0. The van der Waals surface area contributed by atoms with E-state index in [1.807, 2.05) is 0 Å². The quantitative estimate of drug-likeness (QED) is 0.0343. The number of unbranched alkanes of at least 4 members (excludes halogenated alkanes) is 55. The molecule has 76 heavy (non-hydrogen) atoms. The highest BCUT2D eigenvalue weighted by Gasteiger charge is 2.19. The highest BCUT2D eigenvalue weighted by Crippen LogP contribution is 2.19. The van der Waals surface area contributed by atoms with Gasteiger partial charge in [0.2, 0.25) is 0 Å². The van der Waals surface area contributed by atoms with Crippen molar-refractivity contribution in [3.63, 3.8) is 0 Å². The fourth-order valence-corrected chi connectivity index (χ4v) is 11.1. The molecule has 6 nitrogen and oxygen atoms in total. The molecule has 0 fully saturated rings. The van der Waals surface area contributed by atoms with Gasteiger partial charge in [0.05, 0.1) is 0 Å². The van der Waals surface area contributed by atoms with Crippen molar-refractivity contribution in [3.05, 3.63) is 0 Å². The van der Waals surface area contributed by atoms with E-state index < -0.39 is 6.10 Å². The number of ether oxygens (including phenoxy) is 3. The number of esters is 3. The smallest absolute Gasteiger partial charge is 0.306 e. The van der Waals surface area contributed by atoms with Crippen molar-refractivity contribution in [2.24, 2.45) is 0 Å². The Bertz CT molecular complexity index is 1140. The SMILES string of the molecule is CCCCCCCCCCCCCCCCCCCCCCCCCCCCC(=O)OCC(COC(=O)CCCCCCCCCCCC)OC(=O)CCCCCCCCCCCCCCCCCCCCCCCC. The number of hydrogen-bond donors (Lipinski definition) is 0. The Labute approximate surface area is 476 Å². The van der Waals surface area contributed by atoms with Crippen molar-refractivity contribution in [2.75, 3.05) is 13.2 Å². The molecule has 1 unspecified atom stereocenters. The van der Waals surface area contributed by atoms with Gasteiger partial charge in [-0.1, -0.05) is 374 Å². The van der Waals surface area contributed by atoms with Crippen LogP contribution in [0.2, 0.25) is 0 Å². The van der Waals surface area contributed by atoms with Gasteiger partial charge in [-0.3, -0.25) is 14.4 Å². The van der Waals surface area contributed by atoms with Gasteiger partial charge in [0, 0.05) is 19.3 Å². The number of hydrogen-bond acceptors (Lipinski definition) is 6. The fraction of sp³-hybridized carbons (Fsp3) is 0.957. The Hall–Kier alpha value is -1.59. The molecule has 0 spiro atoms. The second kappa shape index (κ2) is 65.9. The molecule has 0 aromatic rings. The van der Waals surface area contributed by atoms with E-state index in [9.17, 15) is 14.4 Å². The Kier molecular flexibility index (Phi) is 64.5. The van der Waals surface area contributed by atoms with E-state index in [1.165, 1.54) is 315 Å². The lowest BCUT2D eigenvalue weighted by atomic mass is 10.0. The van der Waals surface area contributed by atoms with E-state index in [-0.39, 0.29) is 31.1 Å². The minimum absolute atomic E-state index is 0.0606. The van der Waals surface area contributed by atoms with Crippen molar-refractivity contribution in [2.45, 2.75) is 419 Å². The van der Waals surface area contributed by atoms with E-state index in [0.29, 0.717) is 19.3 Å². The highest BCUT2D eigenvalue weighted by molar-refractivity contribution is 5.71. The van der Waals surface area contributed by atoms with Gasteiger partial charge >= 0.3 is 17.9 Å². The third kappa shape index (κ3) is 63.2. The molecule has 0 aromatic carbocycles. The molecule has 0 amide bonds. The van der Waals surface area contributed by atoms with E-state index in [1.54, 1.807) is 0 Å². The van der Waals surface area contributed by atoms with Crippen LogP contribution in [0.1, 0.15) is 412 Å². The van der Waals surface area contributed by atoms with Crippen LogP contribution < -0.4 is 0 Å². The molecule has 0 saturated heterocycles. The second-order valence-corrected chi connectivity index (χ2v) is 24.2. The van der Waals surface area contributed by atoms with Crippen LogP contribution >= 0.6 is 0 Å². The molecule has 0 heterocycles. The summed E-state index contributed by atoms with van der Waals surface area (Å²) < 4.78 is 17.0. The zero-order valence-electron chi connectivity index (χ0n) is 52.1. The average molecular weight is 1070 g/mol. The lowest BCUT2D eigenvalue weighted by Gasteiger charge is -2.18. The molecule has 6 heteroatoms. The Balaban J connectivity index is 4.11. The number of carbonyl (C=O) groups excluding carboxylic acids is 3. The summed E-state index contributed by atoms with van der Waals surface area (Å²) in [6.45, 7) is 6.72. The van der Waals surface area contributed by atoms with Gasteiger partial charge in [-0.25, -0.2) is 0 Å². The first-order chi connectivity index (χ1) is 37.5. The first-order valence-electron chi connectivity index (χ1n) is 35.0. The molecular formula is C70H136O6. The van der Waals surface area contributed by atoms with E-state index in [2.05, 4.69) is 20.8 Å². The average Bonchev–Trinajstić information content (AvgIpc) is 3.42. The maximum absolute atomic E-state index is 12.9. The zero-order chi connectivity index (χ0) is 55.0. The van der Waals surface area contributed by atoms with Gasteiger partial charge in [-0.2, -0.15) is 0 Å². The predicted molar refractivity (Wildman–Crippen MR) is 330 cm³/mol. The maximum Gasteiger partial charge on any atom is 0.306 e. The molecule has 1 atom stereocenters. The van der Waals surface area contributed by atoms with E-state index in [0.717, 1.165) is 57.8 Å². The minimum atomic E-state index is -0.762. The minimum Gasteiger partial charge on any atom is -0.462 e. The van der Waals surface area contributed by atoms with Gasteiger partial charge in [0.15, 0.2) is 6.10 Å². The number of rotatable bonds is 66. The van der Waals surface area contributed by atoms with Gasteiger partial charge in [0.25, 0.3) is 0 Å². The zero-order valence-corrected chi connectivity index (χ0v) is 52.1. The summed E-state index contributed by atoms with van der Waals surface area (Å²) in [5, 5.41) is 0. The summed E-state index contributed by atoms with van der Waals surface area (Å²) in [6, 6.07) is 0. The first kappa shape index (κ1) is 74.4. The molecule has 0 N–H and O–H groups in total. The van der Waals surface area contributed by atoms with Crippen LogP contribution in [0.4, 0.5) is 0 Å². The second-order valence-electron chi connectivity index (χ2n) is 24.2. The Morgan fingerprint density at radius 1 is 0.211 bits per heavy atom. The summed E-state index contributed by atoms with van der Waals surface area (Å²) in [7, 11) is 0. The molecule has 0 saturated carbocycles. The topological polar surface area (TPSA) is 78.9 Å². The monoisotopic (exact) mass is 1070 g/mol. The van der Waals surface area contributed by atoms with Crippen molar-refractivity contribution in [3.8, 4) is 0 Å². The van der Waals surface area contributed by atoms with Crippen molar-refractivity contribution < 1.29 is 28.6 Å². The Morgan fingerprint density at radius 3 is 0.526 bits per heavy atom. The molecule has 0 aliphatic carbocycles. The van der Waals surface area contributed by atoms with Crippen LogP contribution in [0.25, 0.3) is 0 Å². The van der Waals surface area contributed by atoms with Crippen molar-refractivity contribution in [1.29, 1.82) is 0 Å². The normalized spacial score (nSPS) is 11.9. The summed E-state index contributed by atoms with van der Waals surface area (Å²) in [5.74, 6) is -0.825. The number of carbonyl (C=O) groups is 3. The molecular weight excluding hydrogens is 937 g/mol. The van der Waals surface area contributed by atoms with Gasteiger partial charge < -0.3 is 14.2 Å². The van der Waals surface area contributed by atoms with Crippen LogP contribution in [-0.4, -0.2) is 37.2 Å². The van der Waals surface area contributed by atoms with Crippen LogP contribution in [0, 0.1) is 0 Å². The molecule has 0 bridgehead atoms. The summed E-state index contributed by atoms with van der Waals surface area (Å²) in [4.78, 5) is 38.3. The highest BCUT2D eigenvalue weighted by atomic mass is 16.6. The van der Waals surface area contributed by atoms with E-state index >= 15 is 0 Å². The van der Waals surface area contributed by atoms with Gasteiger partial charge in [-0.15, -0.1) is 0 Å². The van der Waals surface area contributed by atoms with Crippen molar-refractivity contribution >= 4 is 17.9 Å². The van der Waals surface area contributed by atoms with Crippen LogP contribution in [0.15, 0.2) is 0 Å². The third-order valence-corrected chi connectivity index (χ3v) is 16.4. The lowest BCUT2D eigenvalue weighted by Crippen LogP contribution is -2.30. The standard InChI is InChI=1S/C70H136O6/c1-4-7-10-13-16-19-22-24-26-28-30-32-34-35-36-37-39-40-42-44-46-48-51-54-57-60-63-69(72)75-66-67(65-74-68(71)62-59-56-53-50-21-18-15-12-9-6-3)76-70(73)64-61-58-55-52-49-47-45-43-41-38-33-31-29-27-25-23-20-17-14-11-8-5-2/h67H,4-66H2,1-3H3. The summed E-state index contributed by atoms with van der Waals surface area (Å²) >= 11 is 0. The first-order valence-corrected chi connectivity index (χ1v) is 35.0. The van der Waals surface area contributed by atoms with Gasteiger partial charge in [-0.05, 0) is 19.3 Å². The van der Waals surface area contributed by atoms with Gasteiger partial charge in [0.1, 0.15) is 13.2 Å². The van der Waals surface area contributed by atoms with E-state index in [4.69, 9.17) is 14.2 Å². The fourth-order valence-electron chi connectivity index (χ4n) is 11.1. The largest absolute Gasteiger partial charge is 0.462 e. The van der Waals surface area contributed by atoms with Crippen LogP contribution in [0.3, 0.4) is 0 Å². The molecule has 0 aliphatic rings. The molecule has 0 aromatic heterocycles. The lowest BCUT2D eigenvalue weighted by molar-refractivity contribution is -0.167. The summed E-state index contributed by atoms with van der Waals surface area (Å²) in [6.07, 6.45) is 77.2. The molecule has 0 rings (SSSR count). The molecule has 452 valence electrons. The molecule has 0 radical (unpaired) electrons. The third-order valence-electron chi connectivity index (χ3n) is 16.4. The Morgan fingerprint density at radius 2 is 0.355 bits per heavy atom. The predicted octanol–water partition coefficient (Wildman–Crippen LogP) is 23.8. The molecule has 0 aliphatic heterocycles.